The average molecular weight is 285 g/mol. The quantitative estimate of drug-likeness (QED) is 0.926. The fourth-order valence-corrected chi connectivity index (χ4v) is 2.77. The highest BCUT2D eigenvalue weighted by molar-refractivity contribution is 5.91. The van der Waals surface area contributed by atoms with Crippen molar-refractivity contribution >= 4 is 11.7 Å². The van der Waals surface area contributed by atoms with E-state index in [0.717, 1.165) is 25.1 Å². The van der Waals surface area contributed by atoms with E-state index in [2.05, 4.69) is 20.3 Å². The van der Waals surface area contributed by atoms with Crippen molar-refractivity contribution in [1.82, 2.24) is 19.7 Å². The minimum atomic E-state index is -0.0310. The third kappa shape index (κ3) is 3.28. The molecule has 0 radical (unpaired) electrons. The molecule has 3 heterocycles. The minimum Gasteiger partial charge on any atom is -0.308 e. The Labute approximate surface area is 123 Å². The van der Waals surface area contributed by atoms with Gasteiger partial charge in [0.25, 0.3) is 0 Å². The molecule has 1 amide bonds. The summed E-state index contributed by atoms with van der Waals surface area (Å²) in [6, 6.07) is 7.96. The van der Waals surface area contributed by atoms with E-state index in [4.69, 9.17) is 0 Å². The van der Waals surface area contributed by atoms with E-state index < -0.39 is 0 Å². The van der Waals surface area contributed by atoms with Crippen LogP contribution in [0.1, 0.15) is 24.6 Å². The molecule has 2 aromatic rings. The van der Waals surface area contributed by atoms with E-state index in [1.165, 1.54) is 0 Å². The molecule has 0 aromatic carbocycles. The first kappa shape index (κ1) is 13.8. The van der Waals surface area contributed by atoms with Crippen LogP contribution < -0.4 is 5.32 Å². The third-order valence-electron chi connectivity index (χ3n) is 3.72. The predicted molar refractivity (Wildman–Crippen MR) is 79.6 cm³/mol. The Hall–Kier alpha value is -2.21. The molecule has 0 unspecified atom stereocenters. The van der Waals surface area contributed by atoms with Crippen LogP contribution in [-0.4, -0.2) is 38.7 Å². The fourth-order valence-electron chi connectivity index (χ4n) is 2.77. The monoisotopic (exact) mass is 285 g/mol. The number of nitrogens with zero attached hydrogens (tertiary/aromatic N) is 4. The maximum Gasteiger partial charge on any atom is 0.239 e. The number of carbonyl (C=O) groups is 1. The van der Waals surface area contributed by atoms with Crippen molar-refractivity contribution in [3.8, 4) is 0 Å². The molecule has 1 fully saturated rings. The molecule has 110 valence electrons. The van der Waals surface area contributed by atoms with E-state index in [-0.39, 0.29) is 11.9 Å². The minimum absolute atomic E-state index is 0.0310. The van der Waals surface area contributed by atoms with Gasteiger partial charge in [-0.25, -0.2) is 0 Å². The van der Waals surface area contributed by atoms with Gasteiger partial charge >= 0.3 is 0 Å². The van der Waals surface area contributed by atoms with Gasteiger partial charge in [-0.2, -0.15) is 5.10 Å². The molecule has 0 bridgehead atoms. The number of hydrogen-bond acceptors (Lipinski definition) is 4. The number of carbonyl (C=O) groups excluding carboxylic acids is 1. The van der Waals surface area contributed by atoms with E-state index in [9.17, 15) is 4.79 Å². The lowest BCUT2D eigenvalue weighted by atomic mass is 10.1. The molecule has 1 aliphatic rings. The second-order valence-corrected chi connectivity index (χ2v) is 5.31. The van der Waals surface area contributed by atoms with Gasteiger partial charge in [0.1, 0.15) is 0 Å². The average Bonchev–Trinajstić information content (AvgIpc) is 3.09. The zero-order valence-corrected chi connectivity index (χ0v) is 12.1. The number of hydrogen-bond donors (Lipinski definition) is 1. The largest absolute Gasteiger partial charge is 0.308 e. The number of nitrogens with one attached hydrogen (secondary N) is 1. The second kappa shape index (κ2) is 6.05. The molecule has 1 N–H and O–H groups in total. The van der Waals surface area contributed by atoms with E-state index in [1.54, 1.807) is 16.9 Å². The van der Waals surface area contributed by atoms with Crippen molar-refractivity contribution < 1.29 is 4.79 Å². The van der Waals surface area contributed by atoms with Crippen molar-refractivity contribution in [3.05, 3.63) is 42.4 Å². The van der Waals surface area contributed by atoms with Crippen molar-refractivity contribution in [3.63, 3.8) is 0 Å². The highest BCUT2D eigenvalue weighted by Crippen LogP contribution is 2.30. The summed E-state index contributed by atoms with van der Waals surface area (Å²) in [6.45, 7) is 1.30. The van der Waals surface area contributed by atoms with Crippen molar-refractivity contribution in [2.45, 2.75) is 18.9 Å². The van der Waals surface area contributed by atoms with Gasteiger partial charge in [0.15, 0.2) is 5.82 Å². The van der Waals surface area contributed by atoms with Gasteiger partial charge in [0.05, 0.1) is 18.3 Å². The van der Waals surface area contributed by atoms with Gasteiger partial charge in [-0.3, -0.25) is 19.4 Å². The van der Waals surface area contributed by atoms with Gasteiger partial charge in [-0.1, -0.05) is 6.07 Å². The number of aromatic nitrogens is 3. The number of pyridine rings is 1. The van der Waals surface area contributed by atoms with Crippen LogP contribution in [0.15, 0.2) is 36.7 Å². The molecule has 1 atom stereocenters. The van der Waals surface area contributed by atoms with Gasteiger partial charge in [-0.05, 0) is 31.5 Å². The topological polar surface area (TPSA) is 63.1 Å². The summed E-state index contributed by atoms with van der Waals surface area (Å²) in [4.78, 5) is 18.7. The van der Waals surface area contributed by atoms with Gasteiger partial charge in [0.2, 0.25) is 5.91 Å². The molecule has 3 rings (SSSR count). The first-order valence-corrected chi connectivity index (χ1v) is 7.17. The summed E-state index contributed by atoms with van der Waals surface area (Å²) >= 11 is 0. The van der Waals surface area contributed by atoms with Crippen LogP contribution in [0.5, 0.6) is 0 Å². The van der Waals surface area contributed by atoms with Gasteiger partial charge in [0, 0.05) is 25.5 Å². The molecular weight excluding hydrogens is 266 g/mol. The maximum absolute atomic E-state index is 12.1. The molecule has 6 heteroatoms. The lowest BCUT2D eigenvalue weighted by Crippen LogP contribution is -2.33. The molecule has 21 heavy (non-hydrogen) atoms. The molecule has 0 spiro atoms. The molecule has 6 nitrogen and oxygen atoms in total. The SMILES string of the molecule is Cn1ccc(NC(=O)CN2CCC[C@H]2c2ccccn2)n1. The Morgan fingerprint density at radius 2 is 2.33 bits per heavy atom. The van der Waals surface area contributed by atoms with Crippen LogP contribution in [0, 0.1) is 0 Å². The van der Waals surface area contributed by atoms with Crippen LogP contribution in [0.2, 0.25) is 0 Å². The third-order valence-corrected chi connectivity index (χ3v) is 3.72. The van der Waals surface area contributed by atoms with Crippen molar-refractivity contribution in [2.75, 3.05) is 18.4 Å². The Bertz CT molecular complexity index is 610. The van der Waals surface area contributed by atoms with Gasteiger partial charge in [-0.15, -0.1) is 0 Å². The van der Waals surface area contributed by atoms with Crippen LogP contribution in [0.3, 0.4) is 0 Å². The van der Waals surface area contributed by atoms with Crippen molar-refractivity contribution in [1.29, 1.82) is 0 Å². The number of aryl methyl sites for hydroxylation is 1. The first-order valence-electron chi connectivity index (χ1n) is 7.17. The molecule has 0 saturated carbocycles. The number of likely N-dealkylation sites (tertiary alicyclic amines) is 1. The lowest BCUT2D eigenvalue weighted by Gasteiger charge is -2.23. The maximum atomic E-state index is 12.1. The standard InChI is InChI=1S/C15H19N5O/c1-19-10-7-14(18-19)17-15(21)11-20-9-4-6-13(20)12-5-2-3-8-16-12/h2-3,5,7-8,10,13H,4,6,9,11H2,1H3,(H,17,18,21)/t13-/m0/s1. The zero-order chi connectivity index (χ0) is 14.7. The molecule has 2 aromatic heterocycles. The summed E-state index contributed by atoms with van der Waals surface area (Å²) < 4.78 is 1.67. The summed E-state index contributed by atoms with van der Waals surface area (Å²) in [5.74, 6) is 0.563. The highest BCUT2D eigenvalue weighted by Gasteiger charge is 2.28. The molecule has 1 aliphatic heterocycles. The number of anilines is 1. The molecule has 0 aliphatic carbocycles. The van der Waals surface area contributed by atoms with Crippen LogP contribution in [0.25, 0.3) is 0 Å². The predicted octanol–water partition coefficient (Wildman–Crippen LogP) is 1.59. The summed E-state index contributed by atoms with van der Waals surface area (Å²) in [5, 5.41) is 6.98. The summed E-state index contributed by atoms with van der Waals surface area (Å²) in [7, 11) is 1.83. The Kier molecular flexibility index (Phi) is 3.96. The first-order chi connectivity index (χ1) is 10.2. The number of amides is 1. The smallest absolute Gasteiger partial charge is 0.239 e. The summed E-state index contributed by atoms with van der Waals surface area (Å²) in [6.07, 6.45) is 5.76. The zero-order valence-electron chi connectivity index (χ0n) is 12.1. The van der Waals surface area contributed by atoms with E-state index >= 15 is 0 Å². The van der Waals surface area contributed by atoms with Crippen LogP contribution >= 0.6 is 0 Å². The van der Waals surface area contributed by atoms with Crippen LogP contribution in [-0.2, 0) is 11.8 Å². The Morgan fingerprint density at radius 1 is 1.43 bits per heavy atom. The van der Waals surface area contributed by atoms with Crippen molar-refractivity contribution in [2.24, 2.45) is 7.05 Å². The Balaban J connectivity index is 1.62. The molecule has 1 saturated heterocycles. The molecular formula is C15H19N5O. The van der Waals surface area contributed by atoms with Gasteiger partial charge < -0.3 is 5.32 Å². The number of rotatable bonds is 4. The Morgan fingerprint density at radius 3 is 3.05 bits per heavy atom. The fraction of sp³-hybridized carbons (Fsp3) is 0.400. The highest BCUT2D eigenvalue weighted by atomic mass is 16.2. The van der Waals surface area contributed by atoms with E-state index in [0.29, 0.717) is 12.4 Å². The van der Waals surface area contributed by atoms with Crippen LogP contribution in [0.4, 0.5) is 5.82 Å². The van der Waals surface area contributed by atoms with E-state index in [1.807, 2.05) is 31.4 Å². The summed E-state index contributed by atoms with van der Waals surface area (Å²) in [5.41, 5.74) is 1.04. The normalized spacial score (nSPS) is 18.8. The second-order valence-electron chi connectivity index (χ2n) is 5.31. The lowest BCUT2D eigenvalue weighted by molar-refractivity contribution is -0.117.